The zero-order valence-corrected chi connectivity index (χ0v) is 13.7. The summed E-state index contributed by atoms with van der Waals surface area (Å²) in [5.74, 6) is 0. The Morgan fingerprint density at radius 2 is 2.05 bits per heavy atom. The topological polar surface area (TPSA) is 50.8 Å². The maximum atomic E-state index is 12.3. The highest BCUT2D eigenvalue weighted by Gasteiger charge is 2.31. The van der Waals surface area contributed by atoms with Gasteiger partial charge >= 0.3 is 6.09 Å². The molecule has 2 atom stereocenters. The van der Waals surface area contributed by atoms with E-state index in [4.69, 9.17) is 9.47 Å². The van der Waals surface area contributed by atoms with Gasteiger partial charge in [-0.2, -0.15) is 0 Å². The predicted molar refractivity (Wildman–Crippen MR) is 79.9 cm³/mol. The summed E-state index contributed by atoms with van der Waals surface area (Å²) in [6, 6.07) is 0.857. The molecule has 0 radical (unpaired) electrons. The van der Waals surface area contributed by atoms with Crippen molar-refractivity contribution in [2.45, 2.75) is 71.7 Å². The van der Waals surface area contributed by atoms with E-state index in [-0.39, 0.29) is 12.1 Å². The molecule has 0 spiro atoms. The second-order valence-electron chi connectivity index (χ2n) is 6.86. The first-order chi connectivity index (χ1) is 9.19. The Labute approximate surface area is 123 Å². The van der Waals surface area contributed by atoms with Crippen LogP contribution in [0.1, 0.15) is 48.0 Å². The lowest BCUT2D eigenvalue weighted by Gasteiger charge is -2.38. The maximum absolute atomic E-state index is 12.3. The van der Waals surface area contributed by atoms with E-state index in [1.807, 2.05) is 25.7 Å². The third-order valence-corrected chi connectivity index (χ3v) is 3.10. The van der Waals surface area contributed by atoms with Crippen LogP contribution in [0.2, 0.25) is 0 Å². The van der Waals surface area contributed by atoms with E-state index in [1.54, 1.807) is 0 Å². The number of rotatable bonds is 4. The lowest BCUT2D eigenvalue weighted by atomic mass is 10.1. The molecule has 1 saturated heterocycles. The van der Waals surface area contributed by atoms with Gasteiger partial charge in [0.2, 0.25) is 0 Å². The average Bonchev–Trinajstić information content (AvgIpc) is 2.25. The summed E-state index contributed by atoms with van der Waals surface area (Å²) >= 11 is 0. The number of nitrogens with zero attached hydrogens (tertiary/aromatic N) is 1. The van der Waals surface area contributed by atoms with Gasteiger partial charge in [-0.05, 0) is 34.1 Å². The van der Waals surface area contributed by atoms with E-state index in [2.05, 4.69) is 26.1 Å². The molecule has 0 saturated carbocycles. The molecule has 1 amide bonds. The first-order valence-corrected chi connectivity index (χ1v) is 7.52. The molecular weight excluding hydrogens is 256 g/mol. The van der Waals surface area contributed by atoms with Gasteiger partial charge in [-0.15, -0.1) is 0 Å². The maximum Gasteiger partial charge on any atom is 0.410 e. The molecule has 1 rings (SSSR count). The Morgan fingerprint density at radius 3 is 2.60 bits per heavy atom. The normalized spacial score (nSPS) is 21.9. The predicted octanol–water partition coefficient (Wildman–Crippen LogP) is 2.40. The molecule has 20 heavy (non-hydrogen) atoms. The lowest BCUT2D eigenvalue weighted by molar-refractivity contribution is -0.0356. The van der Waals surface area contributed by atoms with Gasteiger partial charge in [0.15, 0.2) is 0 Å². The highest BCUT2D eigenvalue weighted by Crippen LogP contribution is 2.17. The summed E-state index contributed by atoms with van der Waals surface area (Å²) in [7, 11) is 0. The Hall–Kier alpha value is -0.810. The van der Waals surface area contributed by atoms with Crippen LogP contribution in [0.15, 0.2) is 0 Å². The number of morpholine rings is 1. The zero-order chi connectivity index (χ0) is 15.3. The Morgan fingerprint density at radius 1 is 1.40 bits per heavy atom. The second-order valence-corrected chi connectivity index (χ2v) is 6.86. The number of amides is 1. The summed E-state index contributed by atoms with van der Waals surface area (Å²) in [5.41, 5.74) is -0.457. The van der Waals surface area contributed by atoms with E-state index in [1.165, 1.54) is 0 Å². The molecule has 1 aliphatic heterocycles. The van der Waals surface area contributed by atoms with Crippen LogP contribution in [0.3, 0.4) is 0 Å². The van der Waals surface area contributed by atoms with Crippen LogP contribution in [0.25, 0.3) is 0 Å². The van der Waals surface area contributed by atoms with Crippen LogP contribution in [0.4, 0.5) is 4.79 Å². The number of carbonyl (C=O) groups excluding carboxylic acids is 1. The summed E-state index contributed by atoms with van der Waals surface area (Å²) in [5, 5.41) is 3.46. The monoisotopic (exact) mass is 286 g/mol. The van der Waals surface area contributed by atoms with E-state index < -0.39 is 5.60 Å². The third-order valence-electron chi connectivity index (χ3n) is 3.10. The highest BCUT2D eigenvalue weighted by molar-refractivity contribution is 5.68. The van der Waals surface area contributed by atoms with Crippen molar-refractivity contribution < 1.29 is 14.3 Å². The fourth-order valence-corrected chi connectivity index (χ4v) is 2.46. The molecular formula is C15H30N2O3. The molecule has 0 bridgehead atoms. The van der Waals surface area contributed by atoms with Crippen molar-refractivity contribution >= 4 is 6.09 Å². The molecule has 5 heteroatoms. The number of carbonyl (C=O) groups is 1. The quantitative estimate of drug-likeness (QED) is 0.862. The molecule has 118 valence electrons. The fraction of sp³-hybridized carbons (Fsp3) is 0.933. The highest BCUT2D eigenvalue weighted by atomic mass is 16.6. The van der Waals surface area contributed by atoms with E-state index in [9.17, 15) is 4.79 Å². The SMILES string of the molecule is CC(C)NC(C)CC1COCCN1C(=O)OC(C)(C)C. The first-order valence-electron chi connectivity index (χ1n) is 7.52. The van der Waals surface area contributed by atoms with Crippen molar-refractivity contribution in [3.63, 3.8) is 0 Å². The van der Waals surface area contributed by atoms with Crippen molar-refractivity contribution in [2.75, 3.05) is 19.8 Å². The Balaban J connectivity index is 2.60. The minimum absolute atomic E-state index is 0.0832. The Kier molecular flexibility index (Phi) is 6.27. The second kappa shape index (κ2) is 7.27. The molecule has 0 aliphatic carbocycles. The summed E-state index contributed by atoms with van der Waals surface area (Å²) in [6.45, 7) is 13.8. The van der Waals surface area contributed by atoms with E-state index in [0.29, 0.717) is 31.8 Å². The van der Waals surface area contributed by atoms with Gasteiger partial charge in [-0.1, -0.05) is 13.8 Å². The Bertz CT molecular complexity index is 313. The van der Waals surface area contributed by atoms with Crippen LogP contribution < -0.4 is 5.32 Å². The van der Waals surface area contributed by atoms with Crippen molar-refractivity contribution in [3.05, 3.63) is 0 Å². The average molecular weight is 286 g/mol. The van der Waals surface area contributed by atoms with Gasteiger partial charge in [0.05, 0.1) is 19.3 Å². The smallest absolute Gasteiger partial charge is 0.410 e. The number of ether oxygens (including phenoxy) is 2. The van der Waals surface area contributed by atoms with Gasteiger partial charge in [-0.25, -0.2) is 4.79 Å². The standard InChI is InChI=1S/C15H30N2O3/c1-11(2)16-12(3)9-13-10-19-8-7-17(13)14(18)20-15(4,5)6/h11-13,16H,7-10H2,1-6H3. The van der Waals surface area contributed by atoms with Gasteiger partial charge in [0.25, 0.3) is 0 Å². The zero-order valence-electron chi connectivity index (χ0n) is 13.7. The number of hydrogen-bond acceptors (Lipinski definition) is 4. The van der Waals surface area contributed by atoms with Gasteiger partial charge in [-0.3, -0.25) is 0 Å². The molecule has 1 N–H and O–H groups in total. The molecule has 5 nitrogen and oxygen atoms in total. The van der Waals surface area contributed by atoms with E-state index in [0.717, 1.165) is 6.42 Å². The van der Waals surface area contributed by atoms with Crippen molar-refractivity contribution in [3.8, 4) is 0 Å². The van der Waals surface area contributed by atoms with Crippen molar-refractivity contribution in [2.24, 2.45) is 0 Å². The fourth-order valence-electron chi connectivity index (χ4n) is 2.46. The molecule has 1 fully saturated rings. The van der Waals surface area contributed by atoms with Crippen LogP contribution in [-0.4, -0.2) is 54.5 Å². The summed E-state index contributed by atoms with van der Waals surface area (Å²) in [6.07, 6.45) is 0.639. The lowest BCUT2D eigenvalue weighted by Crippen LogP contribution is -2.52. The molecule has 2 unspecified atom stereocenters. The van der Waals surface area contributed by atoms with Gasteiger partial charge in [0, 0.05) is 18.6 Å². The minimum atomic E-state index is -0.457. The molecule has 0 aromatic carbocycles. The van der Waals surface area contributed by atoms with Crippen LogP contribution >= 0.6 is 0 Å². The van der Waals surface area contributed by atoms with E-state index >= 15 is 0 Å². The molecule has 0 aromatic heterocycles. The first kappa shape index (κ1) is 17.2. The van der Waals surface area contributed by atoms with Gasteiger partial charge < -0.3 is 19.7 Å². The van der Waals surface area contributed by atoms with Crippen molar-refractivity contribution in [1.29, 1.82) is 0 Å². The van der Waals surface area contributed by atoms with Crippen LogP contribution in [0, 0.1) is 0 Å². The molecule has 1 aliphatic rings. The third kappa shape index (κ3) is 6.09. The summed E-state index contributed by atoms with van der Waals surface area (Å²) in [4.78, 5) is 14.1. The number of hydrogen-bond donors (Lipinski definition) is 1. The largest absolute Gasteiger partial charge is 0.444 e. The van der Waals surface area contributed by atoms with Crippen LogP contribution in [0.5, 0.6) is 0 Å². The van der Waals surface area contributed by atoms with Crippen LogP contribution in [-0.2, 0) is 9.47 Å². The minimum Gasteiger partial charge on any atom is -0.444 e. The summed E-state index contributed by atoms with van der Waals surface area (Å²) < 4.78 is 11.0. The molecule has 0 aromatic rings. The van der Waals surface area contributed by atoms with Gasteiger partial charge in [0.1, 0.15) is 5.60 Å². The number of nitrogens with one attached hydrogen (secondary N) is 1. The van der Waals surface area contributed by atoms with Crippen molar-refractivity contribution in [1.82, 2.24) is 10.2 Å². The molecule has 1 heterocycles.